The van der Waals surface area contributed by atoms with Crippen molar-refractivity contribution in [1.29, 1.82) is 0 Å². The standard InChI is InChI=1S/C28H24ClNO5S/c1-30(19-21-9-4-2-5-10-21)36(32,33)25-15-16-27(29)26(18-25)28(31)34-20-22-11-8-14-24(17-22)35-23-12-6-3-7-13-23/h2-18H,19-20H2,1H3. The number of carbonyl (C=O) groups is 1. The summed E-state index contributed by atoms with van der Waals surface area (Å²) in [7, 11) is -2.38. The minimum Gasteiger partial charge on any atom is -0.457 e. The highest BCUT2D eigenvalue weighted by Gasteiger charge is 2.24. The van der Waals surface area contributed by atoms with Crippen LogP contribution in [-0.2, 0) is 27.9 Å². The largest absolute Gasteiger partial charge is 0.457 e. The molecular weight excluding hydrogens is 498 g/mol. The molecule has 0 saturated heterocycles. The molecule has 184 valence electrons. The first-order valence-electron chi connectivity index (χ1n) is 11.1. The highest BCUT2D eigenvalue weighted by Crippen LogP contribution is 2.26. The van der Waals surface area contributed by atoms with Gasteiger partial charge in [-0.15, -0.1) is 0 Å². The molecule has 0 heterocycles. The lowest BCUT2D eigenvalue weighted by molar-refractivity contribution is 0.0472. The third-order valence-corrected chi connectivity index (χ3v) is 7.49. The molecule has 8 heteroatoms. The lowest BCUT2D eigenvalue weighted by Crippen LogP contribution is -2.26. The Labute approximate surface area is 215 Å². The maximum atomic E-state index is 13.1. The van der Waals surface area contributed by atoms with E-state index in [1.54, 1.807) is 24.3 Å². The molecule has 0 aromatic heterocycles. The molecule has 0 aliphatic rings. The molecule has 6 nitrogen and oxygen atoms in total. The van der Waals surface area contributed by atoms with Crippen molar-refractivity contribution in [3.05, 3.63) is 125 Å². The van der Waals surface area contributed by atoms with Gasteiger partial charge >= 0.3 is 5.97 Å². The Morgan fingerprint density at radius 2 is 1.44 bits per heavy atom. The van der Waals surface area contributed by atoms with E-state index in [0.717, 1.165) is 5.56 Å². The molecule has 0 unspecified atom stereocenters. The first-order chi connectivity index (χ1) is 17.3. The summed E-state index contributed by atoms with van der Waals surface area (Å²) in [5, 5.41) is 0.103. The summed E-state index contributed by atoms with van der Waals surface area (Å²) in [6, 6.07) is 29.7. The first-order valence-corrected chi connectivity index (χ1v) is 12.9. The third kappa shape index (κ3) is 6.31. The van der Waals surface area contributed by atoms with Gasteiger partial charge in [-0.05, 0) is 53.6 Å². The SMILES string of the molecule is CN(Cc1ccccc1)S(=O)(=O)c1ccc(Cl)c(C(=O)OCc2cccc(Oc3ccccc3)c2)c1. The van der Waals surface area contributed by atoms with Crippen LogP contribution in [-0.4, -0.2) is 25.7 Å². The van der Waals surface area contributed by atoms with E-state index in [1.165, 1.54) is 29.6 Å². The fraction of sp³-hybridized carbons (Fsp3) is 0.107. The van der Waals surface area contributed by atoms with Crippen LogP contribution in [0.5, 0.6) is 11.5 Å². The highest BCUT2D eigenvalue weighted by atomic mass is 35.5. The molecule has 0 N–H and O–H groups in total. The molecule has 4 rings (SSSR count). The van der Waals surface area contributed by atoms with Gasteiger partial charge in [0, 0.05) is 13.6 Å². The fourth-order valence-corrected chi connectivity index (χ4v) is 4.86. The van der Waals surface area contributed by atoms with E-state index < -0.39 is 16.0 Å². The maximum absolute atomic E-state index is 13.1. The van der Waals surface area contributed by atoms with Crippen LogP contribution in [0.2, 0.25) is 5.02 Å². The number of esters is 1. The number of rotatable bonds is 9. The Hall–Kier alpha value is -3.65. The Morgan fingerprint density at radius 3 is 2.17 bits per heavy atom. The van der Waals surface area contributed by atoms with Crippen LogP contribution in [0.1, 0.15) is 21.5 Å². The van der Waals surface area contributed by atoms with Gasteiger partial charge in [-0.1, -0.05) is 72.3 Å². The van der Waals surface area contributed by atoms with Crippen LogP contribution >= 0.6 is 11.6 Å². The van der Waals surface area contributed by atoms with Gasteiger partial charge in [0.05, 0.1) is 15.5 Å². The number of carbonyl (C=O) groups excluding carboxylic acids is 1. The second-order valence-corrected chi connectivity index (χ2v) is 10.5. The van der Waals surface area contributed by atoms with E-state index in [2.05, 4.69) is 0 Å². The number of sulfonamides is 1. The van der Waals surface area contributed by atoms with E-state index in [4.69, 9.17) is 21.1 Å². The van der Waals surface area contributed by atoms with Crippen LogP contribution in [0, 0.1) is 0 Å². The minimum atomic E-state index is -3.86. The third-order valence-electron chi connectivity index (χ3n) is 5.36. The summed E-state index contributed by atoms with van der Waals surface area (Å²) in [6.45, 7) is 0.152. The molecule has 0 amide bonds. The van der Waals surface area contributed by atoms with Crippen LogP contribution in [0.3, 0.4) is 0 Å². The zero-order valence-electron chi connectivity index (χ0n) is 19.5. The van der Waals surface area contributed by atoms with Gasteiger partial charge in [-0.3, -0.25) is 0 Å². The quantitative estimate of drug-likeness (QED) is 0.241. The summed E-state index contributed by atoms with van der Waals surface area (Å²) >= 11 is 6.22. The molecule has 0 fully saturated rings. The Bertz CT molecular complexity index is 1440. The lowest BCUT2D eigenvalue weighted by Gasteiger charge is -2.18. The van der Waals surface area contributed by atoms with Crippen molar-refractivity contribution < 1.29 is 22.7 Å². The van der Waals surface area contributed by atoms with Crippen LogP contribution in [0.15, 0.2) is 108 Å². The average Bonchev–Trinajstić information content (AvgIpc) is 2.89. The fourth-order valence-electron chi connectivity index (χ4n) is 3.48. The van der Waals surface area contributed by atoms with Crippen LogP contribution < -0.4 is 4.74 Å². The summed E-state index contributed by atoms with van der Waals surface area (Å²) in [5.41, 5.74) is 1.53. The Morgan fingerprint density at radius 1 is 0.806 bits per heavy atom. The molecule has 4 aromatic carbocycles. The van der Waals surface area contributed by atoms with Crippen molar-refractivity contribution in [2.24, 2.45) is 0 Å². The van der Waals surface area contributed by atoms with Crippen LogP contribution in [0.4, 0.5) is 0 Å². The van der Waals surface area contributed by atoms with Crippen molar-refractivity contribution in [2.75, 3.05) is 7.05 Å². The number of hydrogen-bond donors (Lipinski definition) is 0. The zero-order chi connectivity index (χ0) is 25.5. The van der Waals surface area contributed by atoms with E-state index in [0.29, 0.717) is 17.1 Å². The average molecular weight is 522 g/mol. The number of para-hydroxylation sites is 1. The van der Waals surface area contributed by atoms with Gasteiger partial charge in [-0.25, -0.2) is 13.2 Å². The molecule has 0 radical (unpaired) electrons. The van der Waals surface area contributed by atoms with E-state index in [1.807, 2.05) is 60.7 Å². The molecule has 0 bridgehead atoms. The highest BCUT2D eigenvalue weighted by molar-refractivity contribution is 7.89. The smallest absolute Gasteiger partial charge is 0.340 e. The molecule has 4 aromatic rings. The second kappa shape index (κ2) is 11.4. The van der Waals surface area contributed by atoms with E-state index in [-0.39, 0.29) is 28.6 Å². The molecule has 36 heavy (non-hydrogen) atoms. The summed E-state index contributed by atoms with van der Waals surface area (Å²) < 4.78 is 38.7. The van der Waals surface area contributed by atoms with Gasteiger partial charge < -0.3 is 9.47 Å². The monoisotopic (exact) mass is 521 g/mol. The Balaban J connectivity index is 1.45. The van der Waals surface area contributed by atoms with Crippen molar-refractivity contribution >= 4 is 27.6 Å². The van der Waals surface area contributed by atoms with Crippen LogP contribution in [0.25, 0.3) is 0 Å². The van der Waals surface area contributed by atoms with Crippen molar-refractivity contribution in [1.82, 2.24) is 4.31 Å². The molecule has 0 atom stereocenters. The number of halogens is 1. The predicted molar refractivity (Wildman–Crippen MR) is 139 cm³/mol. The normalized spacial score (nSPS) is 11.3. The molecule has 0 saturated carbocycles. The van der Waals surface area contributed by atoms with Crippen molar-refractivity contribution in [3.63, 3.8) is 0 Å². The van der Waals surface area contributed by atoms with Gasteiger partial charge in [0.1, 0.15) is 18.1 Å². The summed E-state index contributed by atoms with van der Waals surface area (Å²) in [6.07, 6.45) is 0. The number of benzene rings is 4. The van der Waals surface area contributed by atoms with Gasteiger partial charge in [0.15, 0.2) is 0 Å². The predicted octanol–water partition coefficient (Wildman–Crippen LogP) is 6.31. The number of nitrogens with zero attached hydrogens (tertiary/aromatic N) is 1. The second-order valence-electron chi connectivity index (χ2n) is 8.03. The molecule has 0 spiro atoms. The molecule has 0 aliphatic heterocycles. The summed E-state index contributed by atoms with van der Waals surface area (Å²) in [4.78, 5) is 12.8. The molecular formula is C28H24ClNO5S. The Kier molecular flexibility index (Phi) is 8.05. The van der Waals surface area contributed by atoms with Gasteiger partial charge in [0.2, 0.25) is 10.0 Å². The van der Waals surface area contributed by atoms with Crippen molar-refractivity contribution in [3.8, 4) is 11.5 Å². The maximum Gasteiger partial charge on any atom is 0.340 e. The molecule has 0 aliphatic carbocycles. The lowest BCUT2D eigenvalue weighted by atomic mass is 10.2. The van der Waals surface area contributed by atoms with Crippen molar-refractivity contribution in [2.45, 2.75) is 18.0 Å². The van der Waals surface area contributed by atoms with Gasteiger partial charge in [-0.2, -0.15) is 4.31 Å². The van der Waals surface area contributed by atoms with Gasteiger partial charge in [0.25, 0.3) is 0 Å². The van der Waals surface area contributed by atoms with E-state index in [9.17, 15) is 13.2 Å². The first kappa shape index (κ1) is 25.4. The zero-order valence-corrected chi connectivity index (χ0v) is 21.1. The topological polar surface area (TPSA) is 72.9 Å². The number of hydrogen-bond acceptors (Lipinski definition) is 5. The summed E-state index contributed by atoms with van der Waals surface area (Å²) in [5.74, 6) is 0.563. The minimum absolute atomic E-state index is 0.0254. The van der Waals surface area contributed by atoms with E-state index >= 15 is 0 Å². The number of ether oxygens (including phenoxy) is 2.